The molecule has 1 saturated heterocycles. The Morgan fingerprint density at radius 3 is 2.70 bits per heavy atom. The van der Waals surface area contributed by atoms with Crippen LogP contribution in [0.3, 0.4) is 0 Å². The predicted octanol–water partition coefficient (Wildman–Crippen LogP) is 3.07. The van der Waals surface area contributed by atoms with E-state index in [1.165, 1.54) is 4.68 Å². The zero-order chi connectivity index (χ0) is 20.9. The lowest BCUT2D eigenvalue weighted by Crippen LogP contribution is -2.37. The van der Waals surface area contributed by atoms with Crippen LogP contribution < -0.4 is 10.2 Å². The van der Waals surface area contributed by atoms with Crippen molar-refractivity contribution >= 4 is 34.9 Å². The summed E-state index contributed by atoms with van der Waals surface area (Å²) in [6.45, 7) is 4.75. The summed E-state index contributed by atoms with van der Waals surface area (Å²) in [5.41, 5.74) is 1.04. The smallest absolute Gasteiger partial charge is 0.358 e. The Hall–Kier alpha value is -3.17. The second-order valence-corrected chi connectivity index (χ2v) is 6.95. The maximum absolute atomic E-state index is 12.0. The molecule has 2 aromatic heterocycles. The maximum Gasteiger partial charge on any atom is 0.358 e. The molecular weight excluding hydrogens is 408 g/mol. The molecule has 1 aliphatic heterocycles. The van der Waals surface area contributed by atoms with Gasteiger partial charge in [-0.05, 0) is 37.3 Å². The number of carbonyl (C=O) groups excluding carboxylic acids is 1. The van der Waals surface area contributed by atoms with Gasteiger partial charge in [0.05, 0.1) is 19.8 Å². The number of esters is 1. The number of anilines is 3. The summed E-state index contributed by atoms with van der Waals surface area (Å²) in [6, 6.07) is 10.8. The van der Waals surface area contributed by atoms with Crippen LogP contribution in [0.15, 0.2) is 42.6 Å². The van der Waals surface area contributed by atoms with Gasteiger partial charge in [-0.3, -0.25) is 0 Å². The molecule has 1 aliphatic rings. The topological polar surface area (TPSA) is 94.4 Å². The number of morpholine rings is 1. The molecular formula is C20H21ClN6O3. The van der Waals surface area contributed by atoms with E-state index in [2.05, 4.69) is 25.3 Å². The van der Waals surface area contributed by atoms with Crippen LogP contribution in [0.4, 0.5) is 17.3 Å². The fraction of sp³-hybridized carbons (Fsp3) is 0.300. The summed E-state index contributed by atoms with van der Waals surface area (Å²) in [6.07, 6.45) is 1.64. The Morgan fingerprint density at radius 2 is 1.97 bits per heavy atom. The Balaban J connectivity index is 1.68. The number of hydrogen-bond acceptors (Lipinski definition) is 8. The van der Waals surface area contributed by atoms with Crippen LogP contribution in [0.1, 0.15) is 17.4 Å². The zero-order valence-electron chi connectivity index (χ0n) is 16.4. The van der Waals surface area contributed by atoms with E-state index >= 15 is 0 Å². The van der Waals surface area contributed by atoms with Crippen molar-refractivity contribution in [2.75, 3.05) is 43.1 Å². The van der Waals surface area contributed by atoms with Gasteiger partial charge in [-0.1, -0.05) is 11.6 Å². The molecule has 0 saturated carbocycles. The van der Waals surface area contributed by atoms with Crippen LogP contribution in [-0.2, 0) is 9.47 Å². The van der Waals surface area contributed by atoms with Gasteiger partial charge < -0.3 is 19.7 Å². The number of halogens is 1. The average molecular weight is 429 g/mol. The third-order valence-corrected chi connectivity index (χ3v) is 4.68. The van der Waals surface area contributed by atoms with Gasteiger partial charge in [0.15, 0.2) is 5.69 Å². The summed E-state index contributed by atoms with van der Waals surface area (Å²) < 4.78 is 11.9. The fourth-order valence-corrected chi connectivity index (χ4v) is 3.10. The van der Waals surface area contributed by atoms with Crippen LogP contribution in [0.2, 0.25) is 5.02 Å². The summed E-state index contributed by atoms with van der Waals surface area (Å²) in [4.78, 5) is 23.3. The third-order valence-electron chi connectivity index (χ3n) is 4.43. The second kappa shape index (κ2) is 9.10. The number of nitrogens with zero attached hydrogens (tertiary/aromatic N) is 5. The molecule has 0 radical (unpaired) electrons. The number of ether oxygens (including phenoxy) is 2. The molecule has 30 heavy (non-hydrogen) atoms. The van der Waals surface area contributed by atoms with Crippen molar-refractivity contribution in [2.24, 2.45) is 0 Å². The van der Waals surface area contributed by atoms with Gasteiger partial charge in [-0.25, -0.2) is 9.48 Å². The van der Waals surface area contributed by atoms with Gasteiger partial charge in [0, 0.05) is 36.1 Å². The van der Waals surface area contributed by atoms with Crippen molar-refractivity contribution in [3.63, 3.8) is 0 Å². The predicted molar refractivity (Wildman–Crippen MR) is 113 cm³/mol. The minimum atomic E-state index is -0.486. The Morgan fingerprint density at radius 1 is 1.20 bits per heavy atom. The number of rotatable bonds is 6. The Kier molecular flexibility index (Phi) is 6.10. The number of carbonyl (C=O) groups is 1. The molecule has 156 valence electrons. The van der Waals surface area contributed by atoms with Gasteiger partial charge in [-0.2, -0.15) is 15.1 Å². The molecule has 4 rings (SSSR count). The number of benzene rings is 1. The minimum Gasteiger partial charge on any atom is -0.461 e. The van der Waals surface area contributed by atoms with Gasteiger partial charge >= 0.3 is 5.97 Å². The highest BCUT2D eigenvalue weighted by Crippen LogP contribution is 2.23. The standard InChI is InChI=1S/C20H21ClN6O3/c1-2-30-19(28)16-7-8-27(25-16)20-23-17(22-15-5-3-14(21)4-6-15)13-18(24-20)26-9-11-29-12-10-26/h3-8,13H,2,9-12H2,1H3,(H,22,23,24). The largest absolute Gasteiger partial charge is 0.461 e. The van der Waals surface area contributed by atoms with E-state index in [9.17, 15) is 4.79 Å². The molecule has 10 heteroatoms. The maximum atomic E-state index is 12.0. The average Bonchev–Trinajstić information content (AvgIpc) is 3.27. The van der Waals surface area contributed by atoms with Gasteiger partial charge in [0.25, 0.3) is 5.95 Å². The van der Waals surface area contributed by atoms with Gasteiger partial charge in [0.2, 0.25) is 0 Å². The summed E-state index contributed by atoms with van der Waals surface area (Å²) >= 11 is 5.98. The van der Waals surface area contributed by atoms with Crippen LogP contribution in [0.25, 0.3) is 5.95 Å². The van der Waals surface area contributed by atoms with Gasteiger partial charge in [-0.15, -0.1) is 0 Å². The van der Waals surface area contributed by atoms with Crippen LogP contribution in [0, 0.1) is 0 Å². The lowest BCUT2D eigenvalue weighted by molar-refractivity contribution is 0.0519. The van der Waals surface area contributed by atoms with Crippen molar-refractivity contribution in [1.82, 2.24) is 19.7 Å². The first-order valence-electron chi connectivity index (χ1n) is 9.60. The lowest BCUT2D eigenvalue weighted by Gasteiger charge is -2.28. The third kappa shape index (κ3) is 4.69. The Labute approximate surface area is 178 Å². The normalized spacial score (nSPS) is 13.9. The van der Waals surface area contributed by atoms with Crippen LogP contribution in [-0.4, -0.2) is 58.6 Å². The van der Waals surface area contributed by atoms with Crippen molar-refractivity contribution in [1.29, 1.82) is 0 Å². The minimum absolute atomic E-state index is 0.199. The molecule has 0 aliphatic carbocycles. The van der Waals surface area contributed by atoms with E-state index in [1.54, 1.807) is 31.3 Å². The molecule has 0 amide bonds. The van der Waals surface area contributed by atoms with E-state index in [4.69, 9.17) is 21.1 Å². The van der Waals surface area contributed by atoms with Crippen molar-refractivity contribution in [3.05, 3.63) is 53.3 Å². The van der Waals surface area contributed by atoms with Crippen molar-refractivity contribution in [3.8, 4) is 5.95 Å². The van der Waals surface area contributed by atoms with Crippen LogP contribution in [0.5, 0.6) is 0 Å². The fourth-order valence-electron chi connectivity index (χ4n) is 2.97. The van der Waals surface area contributed by atoms with E-state index in [1.807, 2.05) is 18.2 Å². The highest BCUT2D eigenvalue weighted by molar-refractivity contribution is 6.30. The van der Waals surface area contributed by atoms with E-state index in [0.717, 1.165) is 24.6 Å². The first-order valence-corrected chi connectivity index (χ1v) is 9.97. The highest BCUT2D eigenvalue weighted by Gasteiger charge is 2.18. The number of aromatic nitrogens is 4. The first kappa shape index (κ1) is 20.1. The Bertz CT molecular complexity index is 1020. The summed E-state index contributed by atoms with van der Waals surface area (Å²) in [7, 11) is 0. The molecule has 1 fully saturated rings. The molecule has 9 nitrogen and oxygen atoms in total. The SMILES string of the molecule is CCOC(=O)c1ccn(-c2nc(Nc3ccc(Cl)cc3)cc(N3CCOCC3)n2)n1. The summed E-state index contributed by atoms with van der Waals surface area (Å²) in [5.74, 6) is 1.19. The molecule has 1 N–H and O–H groups in total. The van der Waals surface area contributed by atoms with E-state index in [0.29, 0.717) is 30.0 Å². The molecule has 0 spiro atoms. The molecule has 0 atom stereocenters. The van der Waals surface area contributed by atoms with E-state index < -0.39 is 5.97 Å². The molecule has 3 heterocycles. The quantitative estimate of drug-likeness (QED) is 0.598. The monoisotopic (exact) mass is 428 g/mol. The number of hydrogen-bond donors (Lipinski definition) is 1. The van der Waals surface area contributed by atoms with Crippen molar-refractivity contribution < 1.29 is 14.3 Å². The number of nitrogens with one attached hydrogen (secondary N) is 1. The van der Waals surface area contributed by atoms with Gasteiger partial charge in [0.1, 0.15) is 11.6 Å². The van der Waals surface area contributed by atoms with Crippen molar-refractivity contribution in [2.45, 2.75) is 6.92 Å². The summed E-state index contributed by atoms with van der Waals surface area (Å²) in [5, 5.41) is 8.20. The lowest BCUT2D eigenvalue weighted by atomic mass is 10.3. The molecule has 0 bridgehead atoms. The molecule has 3 aromatic rings. The van der Waals surface area contributed by atoms with E-state index in [-0.39, 0.29) is 12.3 Å². The molecule has 1 aromatic carbocycles. The second-order valence-electron chi connectivity index (χ2n) is 6.51. The zero-order valence-corrected chi connectivity index (χ0v) is 17.2. The molecule has 0 unspecified atom stereocenters. The van der Waals surface area contributed by atoms with Crippen LogP contribution >= 0.6 is 11.6 Å². The first-order chi connectivity index (χ1) is 14.6. The highest BCUT2D eigenvalue weighted by atomic mass is 35.5.